The molecule has 0 radical (unpaired) electrons. The molecule has 0 saturated heterocycles. The molecule has 0 unspecified atom stereocenters. The fourth-order valence-electron chi connectivity index (χ4n) is 1.69. The lowest BCUT2D eigenvalue weighted by molar-refractivity contribution is 0.0990. The smallest absolute Gasteiger partial charge is 0.171 e. The number of aryl methyl sites for hydroxylation is 3. The highest BCUT2D eigenvalue weighted by Crippen LogP contribution is 2.21. The molecule has 17 heavy (non-hydrogen) atoms. The van der Waals surface area contributed by atoms with Crippen molar-refractivity contribution in [1.82, 2.24) is 19.6 Å². The van der Waals surface area contributed by atoms with E-state index in [9.17, 15) is 4.79 Å². The molecule has 0 spiro atoms. The summed E-state index contributed by atoms with van der Waals surface area (Å²) in [6, 6.07) is 0. The lowest BCUT2D eigenvalue weighted by atomic mass is 10.1. The van der Waals surface area contributed by atoms with Crippen LogP contribution >= 0.6 is 15.9 Å². The Morgan fingerprint density at radius 3 is 2.65 bits per heavy atom. The van der Waals surface area contributed by atoms with Gasteiger partial charge in [-0.25, -0.2) is 0 Å². The standard InChI is InChI=1S/C11H13BrN4O/c1-7-11(12)9(16(3)14-7)4-10(17)8-5-13-15(2)6-8/h5-6H,4H2,1-3H3. The molecule has 0 fully saturated rings. The summed E-state index contributed by atoms with van der Waals surface area (Å²) < 4.78 is 4.25. The zero-order chi connectivity index (χ0) is 12.6. The zero-order valence-electron chi connectivity index (χ0n) is 9.94. The van der Waals surface area contributed by atoms with Crippen molar-refractivity contribution in [3.8, 4) is 0 Å². The first-order valence-electron chi connectivity index (χ1n) is 5.19. The minimum Gasteiger partial charge on any atom is -0.294 e. The second-order valence-corrected chi connectivity index (χ2v) is 4.77. The molecule has 2 aromatic rings. The number of ketones is 1. The summed E-state index contributed by atoms with van der Waals surface area (Å²) in [6.45, 7) is 1.90. The predicted molar refractivity (Wildman–Crippen MR) is 66.9 cm³/mol. The van der Waals surface area contributed by atoms with Gasteiger partial charge in [0.1, 0.15) is 0 Å². The van der Waals surface area contributed by atoms with E-state index in [2.05, 4.69) is 26.1 Å². The van der Waals surface area contributed by atoms with Gasteiger partial charge in [-0.1, -0.05) is 0 Å². The molecular formula is C11H13BrN4O. The summed E-state index contributed by atoms with van der Waals surface area (Å²) in [5.41, 5.74) is 2.40. The van der Waals surface area contributed by atoms with Crippen LogP contribution < -0.4 is 0 Å². The molecule has 2 heterocycles. The maximum absolute atomic E-state index is 12.0. The van der Waals surface area contributed by atoms with E-state index in [1.807, 2.05) is 14.0 Å². The molecule has 2 rings (SSSR count). The molecule has 0 atom stereocenters. The van der Waals surface area contributed by atoms with Crippen LogP contribution in [0.5, 0.6) is 0 Å². The van der Waals surface area contributed by atoms with E-state index in [1.54, 1.807) is 28.8 Å². The number of hydrogen-bond acceptors (Lipinski definition) is 3. The van der Waals surface area contributed by atoms with Crippen LogP contribution in [0.25, 0.3) is 0 Å². The summed E-state index contributed by atoms with van der Waals surface area (Å²) in [7, 11) is 3.63. The van der Waals surface area contributed by atoms with Gasteiger partial charge in [-0.3, -0.25) is 14.2 Å². The molecular weight excluding hydrogens is 284 g/mol. The minimum atomic E-state index is 0.0433. The third kappa shape index (κ3) is 2.31. The molecule has 0 aliphatic rings. The average Bonchev–Trinajstić information content (AvgIpc) is 2.79. The van der Waals surface area contributed by atoms with Crippen molar-refractivity contribution in [2.75, 3.05) is 0 Å². The van der Waals surface area contributed by atoms with E-state index in [-0.39, 0.29) is 5.78 Å². The number of carbonyl (C=O) groups excluding carboxylic acids is 1. The van der Waals surface area contributed by atoms with E-state index >= 15 is 0 Å². The topological polar surface area (TPSA) is 52.7 Å². The minimum absolute atomic E-state index is 0.0433. The number of hydrogen-bond donors (Lipinski definition) is 0. The van der Waals surface area contributed by atoms with Crippen molar-refractivity contribution in [2.24, 2.45) is 14.1 Å². The van der Waals surface area contributed by atoms with E-state index < -0.39 is 0 Å². The normalized spacial score (nSPS) is 10.8. The molecule has 6 heteroatoms. The fraction of sp³-hybridized carbons (Fsp3) is 0.364. The number of aromatic nitrogens is 4. The lowest BCUT2D eigenvalue weighted by Crippen LogP contribution is -2.07. The average molecular weight is 297 g/mol. The summed E-state index contributed by atoms with van der Waals surface area (Å²) in [5, 5.41) is 8.25. The van der Waals surface area contributed by atoms with Crippen molar-refractivity contribution in [3.63, 3.8) is 0 Å². The van der Waals surface area contributed by atoms with Crippen molar-refractivity contribution >= 4 is 21.7 Å². The van der Waals surface area contributed by atoms with Crippen LogP contribution in [0, 0.1) is 6.92 Å². The molecule has 0 N–H and O–H groups in total. The fourth-order valence-corrected chi connectivity index (χ4v) is 2.17. The van der Waals surface area contributed by atoms with Crippen LogP contribution in [0.15, 0.2) is 16.9 Å². The Morgan fingerprint density at radius 1 is 1.47 bits per heavy atom. The Balaban J connectivity index is 2.24. The van der Waals surface area contributed by atoms with Crippen LogP contribution in [0.1, 0.15) is 21.7 Å². The highest BCUT2D eigenvalue weighted by Gasteiger charge is 2.16. The van der Waals surface area contributed by atoms with Gasteiger partial charge in [0, 0.05) is 20.3 Å². The molecule has 0 amide bonds. The summed E-state index contributed by atoms with van der Waals surface area (Å²) in [6.07, 6.45) is 3.63. The van der Waals surface area contributed by atoms with Gasteiger partial charge in [-0.2, -0.15) is 10.2 Å². The second-order valence-electron chi connectivity index (χ2n) is 3.97. The van der Waals surface area contributed by atoms with Crippen LogP contribution in [-0.4, -0.2) is 25.3 Å². The van der Waals surface area contributed by atoms with E-state index in [4.69, 9.17) is 0 Å². The number of halogens is 1. The number of Topliss-reactive ketones (excluding diaryl/α,β-unsaturated/α-hetero) is 1. The first-order valence-corrected chi connectivity index (χ1v) is 5.98. The molecule has 5 nitrogen and oxygen atoms in total. The second kappa shape index (κ2) is 4.44. The van der Waals surface area contributed by atoms with Gasteiger partial charge in [0.05, 0.1) is 34.0 Å². The van der Waals surface area contributed by atoms with E-state index in [0.29, 0.717) is 12.0 Å². The molecule has 90 valence electrons. The van der Waals surface area contributed by atoms with E-state index in [1.165, 1.54) is 0 Å². The highest BCUT2D eigenvalue weighted by molar-refractivity contribution is 9.10. The van der Waals surface area contributed by atoms with Gasteiger partial charge in [0.2, 0.25) is 0 Å². The number of carbonyl (C=O) groups is 1. The Bertz CT molecular complexity index is 570. The Hall–Kier alpha value is -1.43. The van der Waals surface area contributed by atoms with Gasteiger partial charge in [0.25, 0.3) is 0 Å². The van der Waals surface area contributed by atoms with E-state index in [0.717, 1.165) is 15.9 Å². The summed E-state index contributed by atoms with van der Waals surface area (Å²) >= 11 is 3.45. The SMILES string of the molecule is Cc1nn(C)c(CC(=O)c2cnn(C)c2)c1Br. The van der Waals surface area contributed by atoms with Crippen LogP contribution in [0.4, 0.5) is 0 Å². The Kier molecular flexibility index (Phi) is 3.15. The third-order valence-electron chi connectivity index (χ3n) is 2.62. The molecule has 0 bridgehead atoms. The first kappa shape index (κ1) is 12.0. The monoisotopic (exact) mass is 296 g/mol. The number of rotatable bonds is 3. The van der Waals surface area contributed by atoms with Crippen molar-refractivity contribution < 1.29 is 4.79 Å². The summed E-state index contributed by atoms with van der Waals surface area (Å²) in [4.78, 5) is 12.0. The first-order chi connectivity index (χ1) is 7.99. The van der Waals surface area contributed by atoms with Gasteiger partial charge < -0.3 is 0 Å². The third-order valence-corrected chi connectivity index (χ3v) is 3.65. The zero-order valence-corrected chi connectivity index (χ0v) is 11.5. The maximum Gasteiger partial charge on any atom is 0.171 e. The molecule has 0 aromatic carbocycles. The quantitative estimate of drug-likeness (QED) is 0.809. The molecule has 0 aliphatic heterocycles. The molecule has 0 aliphatic carbocycles. The van der Waals surface area contributed by atoms with Crippen LogP contribution in [0.3, 0.4) is 0 Å². The van der Waals surface area contributed by atoms with Crippen molar-refractivity contribution in [1.29, 1.82) is 0 Å². The van der Waals surface area contributed by atoms with Crippen molar-refractivity contribution in [3.05, 3.63) is 33.8 Å². The van der Waals surface area contributed by atoms with Crippen LogP contribution in [-0.2, 0) is 20.5 Å². The van der Waals surface area contributed by atoms with Crippen LogP contribution in [0.2, 0.25) is 0 Å². The van der Waals surface area contributed by atoms with Gasteiger partial charge in [-0.05, 0) is 22.9 Å². The largest absolute Gasteiger partial charge is 0.294 e. The lowest BCUT2D eigenvalue weighted by Gasteiger charge is -2.00. The predicted octanol–water partition coefficient (Wildman–Crippen LogP) is 1.65. The Morgan fingerprint density at radius 2 is 2.18 bits per heavy atom. The number of nitrogens with zero attached hydrogens (tertiary/aromatic N) is 4. The van der Waals surface area contributed by atoms with Gasteiger partial charge in [-0.15, -0.1) is 0 Å². The van der Waals surface area contributed by atoms with Crippen molar-refractivity contribution in [2.45, 2.75) is 13.3 Å². The Labute approximate surface area is 108 Å². The molecule has 2 aromatic heterocycles. The van der Waals surface area contributed by atoms with Gasteiger partial charge >= 0.3 is 0 Å². The maximum atomic E-state index is 12.0. The highest BCUT2D eigenvalue weighted by atomic mass is 79.9. The molecule has 0 saturated carbocycles. The van der Waals surface area contributed by atoms with Gasteiger partial charge in [0.15, 0.2) is 5.78 Å². The summed E-state index contributed by atoms with van der Waals surface area (Å²) in [5.74, 6) is 0.0433.